The molecule has 3 heterocycles. The highest BCUT2D eigenvalue weighted by Crippen LogP contribution is 2.34. The number of hydrogen-bond acceptors (Lipinski definition) is 5. The quantitative estimate of drug-likeness (QED) is 0.829. The monoisotopic (exact) mass is 341 g/mol. The molecule has 2 aromatic rings. The van der Waals surface area contributed by atoms with E-state index in [4.69, 9.17) is 0 Å². The van der Waals surface area contributed by atoms with Crippen LogP contribution in [0.4, 0.5) is 15.9 Å². The Balaban J connectivity index is 1.60. The van der Waals surface area contributed by atoms with Crippen molar-refractivity contribution in [3.63, 3.8) is 0 Å². The average Bonchev–Trinajstić information content (AvgIpc) is 3.05. The third-order valence-electron chi connectivity index (χ3n) is 5.28. The fourth-order valence-electron chi connectivity index (χ4n) is 3.80. The molecule has 4 rings (SSSR count). The highest BCUT2D eigenvalue weighted by atomic mass is 19.1. The van der Waals surface area contributed by atoms with Crippen LogP contribution in [-0.4, -0.2) is 59.5 Å². The van der Waals surface area contributed by atoms with Crippen LogP contribution < -0.4 is 9.80 Å². The van der Waals surface area contributed by atoms with Crippen molar-refractivity contribution in [2.75, 3.05) is 43.0 Å². The molecule has 1 aromatic heterocycles. The van der Waals surface area contributed by atoms with E-state index in [9.17, 15) is 9.18 Å². The second-order valence-electron chi connectivity index (χ2n) is 6.78. The predicted molar refractivity (Wildman–Crippen MR) is 93.0 cm³/mol. The summed E-state index contributed by atoms with van der Waals surface area (Å²) in [6, 6.07) is 8.15. The van der Waals surface area contributed by atoms with Crippen LogP contribution in [0.15, 0.2) is 42.9 Å². The SMILES string of the molecule is CN1CC(=O)N(c2cccc(F)c2)CC12CCN(c1ccncn1)C2. The molecular formula is C18H20FN5O. The lowest BCUT2D eigenvalue weighted by Gasteiger charge is -2.46. The third kappa shape index (κ3) is 2.84. The number of carbonyl (C=O) groups is 1. The van der Waals surface area contributed by atoms with Crippen molar-refractivity contribution in [3.8, 4) is 0 Å². The number of hydrogen-bond donors (Lipinski definition) is 0. The van der Waals surface area contributed by atoms with Crippen molar-refractivity contribution in [2.45, 2.75) is 12.0 Å². The smallest absolute Gasteiger partial charge is 0.241 e. The normalized spacial score (nSPS) is 24.3. The Bertz CT molecular complexity index is 786. The first-order chi connectivity index (χ1) is 12.1. The number of rotatable bonds is 2. The molecule has 2 fully saturated rings. The van der Waals surface area contributed by atoms with Gasteiger partial charge in [-0.05, 0) is 37.7 Å². The molecule has 7 heteroatoms. The Labute approximate surface area is 145 Å². The lowest BCUT2D eigenvalue weighted by Crippen LogP contribution is -2.64. The van der Waals surface area contributed by atoms with Crippen molar-refractivity contribution < 1.29 is 9.18 Å². The van der Waals surface area contributed by atoms with E-state index in [2.05, 4.69) is 19.8 Å². The van der Waals surface area contributed by atoms with Crippen molar-refractivity contribution in [2.24, 2.45) is 0 Å². The van der Waals surface area contributed by atoms with E-state index >= 15 is 0 Å². The van der Waals surface area contributed by atoms with E-state index < -0.39 is 0 Å². The standard InChI is InChI=1S/C18H20FN5O/c1-22-10-17(25)24(15-4-2-3-14(19)9-15)12-18(22)6-8-23(11-18)16-5-7-20-13-21-16/h2-5,7,9,13H,6,8,10-12H2,1H3. The summed E-state index contributed by atoms with van der Waals surface area (Å²) in [6.07, 6.45) is 4.21. The van der Waals surface area contributed by atoms with Crippen molar-refractivity contribution in [1.29, 1.82) is 0 Å². The molecule has 0 radical (unpaired) electrons. The van der Waals surface area contributed by atoms with Gasteiger partial charge in [-0.15, -0.1) is 0 Å². The van der Waals surface area contributed by atoms with E-state index in [-0.39, 0.29) is 17.3 Å². The van der Waals surface area contributed by atoms with Gasteiger partial charge in [0.1, 0.15) is 18.0 Å². The van der Waals surface area contributed by atoms with Gasteiger partial charge in [0.2, 0.25) is 5.91 Å². The van der Waals surface area contributed by atoms with Crippen LogP contribution in [0.2, 0.25) is 0 Å². The summed E-state index contributed by atoms with van der Waals surface area (Å²) in [5.41, 5.74) is 0.462. The molecule has 25 heavy (non-hydrogen) atoms. The molecule has 1 spiro atoms. The lowest BCUT2D eigenvalue weighted by molar-refractivity contribution is -0.123. The zero-order valence-electron chi connectivity index (χ0n) is 14.1. The highest BCUT2D eigenvalue weighted by molar-refractivity contribution is 5.96. The van der Waals surface area contributed by atoms with Gasteiger partial charge in [-0.2, -0.15) is 0 Å². The molecule has 0 bridgehead atoms. The Morgan fingerprint density at radius 3 is 2.88 bits per heavy atom. The third-order valence-corrected chi connectivity index (χ3v) is 5.28. The first kappa shape index (κ1) is 16.0. The van der Waals surface area contributed by atoms with Gasteiger partial charge in [0.15, 0.2) is 0 Å². The van der Waals surface area contributed by atoms with Crippen LogP contribution in [0, 0.1) is 5.82 Å². The van der Waals surface area contributed by atoms with Crippen molar-refractivity contribution in [3.05, 3.63) is 48.7 Å². The van der Waals surface area contributed by atoms with Gasteiger partial charge in [0.25, 0.3) is 0 Å². The molecule has 0 N–H and O–H groups in total. The maximum absolute atomic E-state index is 13.6. The molecule has 2 saturated heterocycles. The number of nitrogens with zero attached hydrogens (tertiary/aromatic N) is 5. The Morgan fingerprint density at radius 2 is 2.12 bits per heavy atom. The van der Waals surface area contributed by atoms with E-state index in [0.717, 1.165) is 25.3 Å². The maximum atomic E-state index is 13.6. The second-order valence-corrected chi connectivity index (χ2v) is 6.78. The summed E-state index contributed by atoms with van der Waals surface area (Å²) in [7, 11) is 1.99. The Kier molecular flexibility index (Phi) is 3.88. The molecule has 0 saturated carbocycles. The molecule has 1 aromatic carbocycles. The molecule has 1 unspecified atom stereocenters. The molecule has 2 aliphatic heterocycles. The number of benzene rings is 1. The molecule has 6 nitrogen and oxygen atoms in total. The zero-order chi connectivity index (χ0) is 17.4. The van der Waals surface area contributed by atoms with E-state index in [0.29, 0.717) is 18.8 Å². The van der Waals surface area contributed by atoms with Crippen molar-refractivity contribution >= 4 is 17.4 Å². The number of anilines is 2. The summed E-state index contributed by atoms with van der Waals surface area (Å²) < 4.78 is 13.6. The largest absolute Gasteiger partial charge is 0.355 e. The minimum atomic E-state index is -0.327. The molecule has 1 amide bonds. The van der Waals surface area contributed by atoms with E-state index in [1.807, 2.05) is 13.1 Å². The van der Waals surface area contributed by atoms with Crippen LogP contribution >= 0.6 is 0 Å². The number of amides is 1. The first-order valence-electron chi connectivity index (χ1n) is 8.36. The van der Waals surface area contributed by atoms with Crippen molar-refractivity contribution in [1.82, 2.24) is 14.9 Å². The number of halogens is 1. The maximum Gasteiger partial charge on any atom is 0.241 e. The Hall–Kier alpha value is -2.54. The second kappa shape index (κ2) is 6.07. The molecule has 2 aliphatic rings. The van der Waals surface area contributed by atoms with Gasteiger partial charge < -0.3 is 9.80 Å². The van der Waals surface area contributed by atoms with Crippen LogP contribution in [0.5, 0.6) is 0 Å². The summed E-state index contributed by atoms with van der Waals surface area (Å²) >= 11 is 0. The fraction of sp³-hybridized carbons (Fsp3) is 0.389. The summed E-state index contributed by atoms with van der Waals surface area (Å²) in [6.45, 7) is 2.52. The van der Waals surface area contributed by atoms with Gasteiger partial charge in [-0.25, -0.2) is 14.4 Å². The van der Waals surface area contributed by atoms with Gasteiger partial charge >= 0.3 is 0 Å². The highest BCUT2D eigenvalue weighted by Gasteiger charge is 2.48. The first-order valence-corrected chi connectivity index (χ1v) is 8.36. The number of piperazine rings is 1. The number of aromatic nitrogens is 2. The van der Waals surface area contributed by atoms with Crippen LogP contribution in [0.25, 0.3) is 0 Å². The van der Waals surface area contributed by atoms with Gasteiger partial charge in [-0.3, -0.25) is 9.69 Å². The predicted octanol–water partition coefficient (Wildman–Crippen LogP) is 1.54. The molecule has 0 aliphatic carbocycles. The van der Waals surface area contributed by atoms with Crippen LogP contribution in [0.1, 0.15) is 6.42 Å². The van der Waals surface area contributed by atoms with Gasteiger partial charge in [0, 0.05) is 31.5 Å². The summed E-state index contributed by atoms with van der Waals surface area (Å²) in [4.78, 5) is 26.9. The van der Waals surface area contributed by atoms with Gasteiger partial charge in [-0.1, -0.05) is 6.07 Å². The van der Waals surface area contributed by atoms with Gasteiger partial charge in [0.05, 0.1) is 12.1 Å². The Morgan fingerprint density at radius 1 is 1.24 bits per heavy atom. The van der Waals surface area contributed by atoms with Crippen LogP contribution in [0.3, 0.4) is 0 Å². The summed E-state index contributed by atoms with van der Waals surface area (Å²) in [5, 5.41) is 0. The molecular weight excluding hydrogens is 321 g/mol. The minimum Gasteiger partial charge on any atom is -0.355 e. The number of carbonyl (C=O) groups excluding carboxylic acids is 1. The lowest BCUT2D eigenvalue weighted by atomic mass is 9.92. The number of likely N-dealkylation sites (N-methyl/N-ethyl adjacent to an activating group) is 1. The summed E-state index contributed by atoms with van der Waals surface area (Å²) in [5.74, 6) is 0.570. The topological polar surface area (TPSA) is 52.6 Å². The molecule has 1 atom stereocenters. The fourth-order valence-corrected chi connectivity index (χ4v) is 3.80. The van der Waals surface area contributed by atoms with E-state index in [1.165, 1.54) is 12.1 Å². The van der Waals surface area contributed by atoms with Crippen LogP contribution in [-0.2, 0) is 4.79 Å². The van der Waals surface area contributed by atoms with E-state index in [1.54, 1.807) is 29.6 Å². The minimum absolute atomic E-state index is 0.000730. The molecule has 130 valence electrons. The zero-order valence-corrected chi connectivity index (χ0v) is 14.1. The average molecular weight is 341 g/mol.